The molecular weight excluding hydrogens is 280 g/mol. The van der Waals surface area contributed by atoms with Gasteiger partial charge < -0.3 is 9.30 Å². The van der Waals surface area contributed by atoms with Crippen LogP contribution in [0.3, 0.4) is 0 Å². The number of ether oxygens (including phenoxy) is 1. The van der Waals surface area contributed by atoms with Crippen LogP contribution in [0.25, 0.3) is 0 Å². The molecule has 7 nitrogen and oxygen atoms in total. The van der Waals surface area contributed by atoms with Gasteiger partial charge in [-0.25, -0.2) is 14.6 Å². The third kappa shape index (κ3) is 2.91. The molecule has 1 saturated heterocycles. The number of imidazole rings is 1. The van der Waals surface area contributed by atoms with Crippen molar-refractivity contribution in [1.82, 2.24) is 29.2 Å². The molecule has 0 atom stereocenters. The summed E-state index contributed by atoms with van der Waals surface area (Å²) in [4.78, 5) is 11.2. The molecule has 7 heteroatoms. The first kappa shape index (κ1) is 13.9. The highest BCUT2D eigenvalue weighted by Crippen LogP contribution is 2.20. The van der Waals surface area contributed by atoms with Crippen LogP contribution < -0.4 is 0 Å². The lowest BCUT2D eigenvalue weighted by atomic mass is 9.99. The summed E-state index contributed by atoms with van der Waals surface area (Å²) in [5, 5.41) is 4.17. The Morgan fingerprint density at radius 2 is 2.14 bits per heavy atom. The summed E-state index contributed by atoms with van der Waals surface area (Å²) in [5.74, 6) is 1.96. The quantitative estimate of drug-likeness (QED) is 0.834. The van der Waals surface area contributed by atoms with E-state index in [2.05, 4.69) is 24.5 Å². The summed E-state index contributed by atoms with van der Waals surface area (Å²) in [6.07, 6.45) is 7.70. The second kappa shape index (κ2) is 6.18. The summed E-state index contributed by atoms with van der Waals surface area (Å²) < 4.78 is 9.63. The molecule has 22 heavy (non-hydrogen) atoms. The predicted octanol–water partition coefficient (Wildman–Crippen LogP) is 0.765. The zero-order chi connectivity index (χ0) is 14.8. The highest BCUT2D eigenvalue weighted by molar-refractivity contribution is 5.08. The highest BCUT2D eigenvalue weighted by atomic mass is 16.5. The Hall–Kier alpha value is -1.73. The molecule has 0 bridgehead atoms. The number of hydrogen-bond acceptors (Lipinski definition) is 5. The van der Waals surface area contributed by atoms with Crippen LogP contribution in [0.2, 0.25) is 0 Å². The van der Waals surface area contributed by atoms with E-state index in [-0.39, 0.29) is 0 Å². The minimum atomic E-state index is 0.743. The summed E-state index contributed by atoms with van der Waals surface area (Å²) in [6, 6.07) is 0. The average molecular weight is 302 g/mol. The molecule has 0 unspecified atom stereocenters. The standard InChI is InChI=1S/C15H22N6O/c1-5-22-6-2-13(1)8-19-3-4-21-14(7-17-15(21)10-19)9-20-12-16-11-18-20/h7,11-13H,1-6,8-10H2. The molecule has 2 aliphatic rings. The third-order valence-corrected chi connectivity index (χ3v) is 4.67. The smallest absolute Gasteiger partial charge is 0.137 e. The topological polar surface area (TPSA) is 61.0 Å². The van der Waals surface area contributed by atoms with Gasteiger partial charge in [0.1, 0.15) is 18.5 Å². The van der Waals surface area contributed by atoms with E-state index in [0.29, 0.717) is 0 Å². The fourth-order valence-electron chi connectivity index (χ4n) is 3.43. The molecule has 1 fully saturated rings. The normalized spacial score (nSPS) is 20.2. The Balaban J connectivity index is 1.40. The average Bonchev–Trinajstić information content (AvgIpc) is 3.19. The largest absolute Gasteiger partial charge is 0.381 e. The van der Waals surface area contributed by atoms with Crippen molar-refractivity contribution >= 4 is 0 Å². The fourth-order valence-corrected chi connectivity index (χ4v) is 3.43. The number of fused-ring (bicyclic) bond motifs is 1. The molecule has 0 saturated carbocycles. The summed E-state index contributed by atoms with van der Waals surface area (Å²) >= 11 is 0. The van der Waals surface area contributed by atoms with Crippen LogP contribution in [0, 0.1) is 5.92 Å². The van der Waals surface area contributed by atoms with Gasteiger partial charge in [0.25, 0.3) is 0 Å². The molecule has 0 N–H and O–H groups in total. The maximum atomic E-state index is 5.45. The van der Waals surface area contributed by atoms with Crippen LogP contribution >= 0.6 is 0 Å². The molecule has 118 valence electrons. The van der Waals surface area contributed by atoms with Crippen molar-refractivity contribution in [2.45, 2.75) is 32.5 Å². The van der Waals surface area contributed by atoms with Crippen molar-refractivity contribution in [3.63, 3.8) is 0 Å². The molecule has 2 aromatic rings. The van der Waals surface area contributed by atoms with Crippen LogP contribution in [0.1, 0.15) is 24.4 Å². The van der Waals surface area contributed by atoms with Gasteiger partial charge in [-0.2, -0.15) is 5.10 Å². The van der Waals surface area contributed by atoms with E-state index in [4.69, 9.17) is 4.74 Å². The van der Waals surface area contributed by atoms with Gasteiger partial charge in [-0.15, -0.1) is 0 Å². The fraction of sp³-hybridized carbons (Fsp3) is 0.667. The molecule has 2 aliphatic heterocycles. The Labute approximate surface area is 129 Å². The summed E-state index contributed by atoms with van der Waals surface area (Å²) in [6.45, 7) is 6.84. The monoisotopic (exact) mass is 302 g/mol. The Kier molecular flexibility index (Phi) is 3.90. The van der Waals surface area contributed by atoms with E-state index in [1.165, 1.54) is 30.9 Å². The first-order chi connectivity index (χ1) is 10.9. The molecule has 2 aromatic heterocycles. The van der Waals surface area contributed by atoms with Crippen LogP contribution in [-0.2, 0) is 24.4 Å². The lowest BCUT2D eigenvalue weighted by Crippen LogP contribution is -2.38. The zero-order valence-corrected chi connectivity index (χ0v) is 12.8. The molecular formula is C15H22N6O. The van der Waals surface area contributed by atoms with E-state index < -0.39 is 0 Å². The molecule has 0 radical (unpaired) electrons. The van der Waals surface area contributed by atoms with Crippen molar-refractivity contribution in [3.8, 4) is 0 Å². The van der Waals surface area contributed by atoms with Crippen LogP contribution in [0.4, 0.5) is 0 Å². The number of aromatic nitrogens is 5. The van der Waals surface area contributed by atoms with Gasteiger partial charge in [0.15, 0.2) is 0 Å². The van der Waals surface area contributed by atoms with Crippen LogP contribution in [-0.4, -0.2) is 55.5 Å². The summed E-state index contributed by atoms with van der Waals surface area (Å²) in [7, 11) is 0. The van der Waals surface area contributed by atoms with Crippen molar-refractivity contribution in [2.75, 3.05) is 26.3 Å². The minimum Gasteiger partial charge on any atom is -0.381 e. The lowest BCUT2D eigenvalue weighted by Gasteiger charge is -2.33. The van der Waals surface area contributed by atoms with Crippen LogP contribution in [0.5, 0.6) is 0 Å². The van der Waals surface area contributed by atoms with Gasteiger partial charge >= 0.3 is 0 Å². The number of nitrogens with zero attached hydrogens (tertiary/aromatic N) is 6. The van der Waals surface area contributed by atoms with Gasteiger partial charge in [0, 0.05) is 32.8 Å². The Morgan fingerprint density at radius 3 is 2.95 bits per heavy atom. The van der Waals surface area contributed by atoms with Crippen molar-refractivity contribution < 1.29 is 4.74 Å². The first-order valence-electron chi connectivity index (χ1n) is 8.04. The van der Waals surface area contributed by atoms with E-state index in [1.807, 2.05) is 10.9 Å². The van der Waals surface area contributed by atoms with Crippen LogP contribution in [0.15, 0.2) is 18.9 Å². The molecule has 0 amide bonds. The Bertz CT molecular complexity index is 602. The van der Waals surface area contributed by atoms with Crippen molar-refractivity contribution in [2.24, 2.45) is 5.92 Å². The van der Waals surface area contributed by atoms with Crippen molar-refractivity contribution in [1.29, 1.82) is 0 Å². The maximum Gasteiger partial charge on any atom is 0.137 e. The minimum absolute atomic E-state index is 0.743. The second-order valence-corrected chi connectivity index (χ2v) is 6.20. The van der Waals surface area contributed by atoms with E-state index in [9.17, 15) is 0 Å². The molecule has 4 heterocycles. The molecule has 0 aromatic carbocycles. The zero-order valence-electron chi connectivity index (χ0n) is 12.8. The maximum absolute atomic E-state index is 5.45. The van der Waals surface area contributed by atoms with E-state index >= 15 is 0 Å². The predicted molar refractivity (Wildman–Crippen MR) is 80.2 cm³/mol. The number of rotatable bonds is 4. The highest BCUT2D eigenvalue weighted by Gasteiger charge is 2.23. The van der Waals surface area contributed by atoms with E-state index in [1.54, 1.807) is 12.7 Å². The molecule has 4 rings (SSSR count). The second-order valence-electron chi connectivity index (χ2n) is 6.20. The van der Waals surface area contributed by atoms with E-state index in [0.717, 1.165) is 45.3 Å². The van der Waals surface area contributed by atoms with Gasteiger partial charge in [0.2, 0.25) is 0 Å². The van der Waals surface area contributed by atoms with Gasteiger partial charge in [-0.05, 0) is 18.8 Å². The SMILES string of the molecule is c1ncn(Cc2cnc3n2CCN(CC2CCOCC2)C3)n1. The first-order valence-corrected chi connectivity index (χ1v) is 8.04. The summed E-state index contributed by atoms with van der Waals surface area (Å²) in [5.41, 5.74) is 1.21. The lowest BCUT2D eigenvalue weighted by molar-refractivity contribution is 0.0481. The van der Waals surface area contributed by atoms with Gasteiger partial charge in [0.05, 0.1) is 25.0 Å². The van der Waals surface area contributed by atoms with Gasteiger partial charge in [-0.3, -0.25) is 4.90 Å². The molecule has 0 aliphatic carbocycles. The Morgan fingerprint density at radius 1 is 1.23 bits per heavy atom. The van der Waals surface area contributed by atoms with Crippen molar-refractivity contribution in [3.05, 3.63) is 30.4 Å². The van der Waals surface area contributed by atoms with Gasteiger partial charge in [-0.1, -0.05) is 0 Å². The molecule has 0 spiro atoms. The number of hydrogen-bond donors (Lipinski definition) is 0. The third-order valence-electron chi connectivity index (χ3n) is 4.67.